The minimum atomic E-state index is -0.658. The van der Waals surface area contributed by atoms with Gasteiger partial charge in [0.1, 0.15) is 0 Å². The highest BCUT2D eigenvalue weighted by Gasteiger charge is 2.73. The summed E-state index contributed by atoms with van der Waals surface area (Å²) in [4.78, 5) is 12.8. The van der Waals surface area contributed by atoms with Gasteiger partial charge in [-0.1, -0.05) is 46.8 Å². The van der Waals surface area contributed by atoms with Gasteiger partial charge in [0.05, 0.1) is 17.6 Å². The van der Waals surface area contributed by atoms with E-state index >= 15 is 0 Å². The van der Waals surface area contributed by atoms with Crippen molar-refractivity contribution in [3.05, 3.63) is 12.2 Å². The summed E-state index contributed by atoms with van der Waals surface area (Å²) < 4.78 is 0. The third-order valence-electron chi connectivity index (χ3n) is 13.4. The molecule has 0 heterocycles. The van der Waals surface area contributed by atoms with Gasteiger partial charge in [0.15, 0.2) is 0 Å². The van der Waals surface area contributed by atoms with Crippen molar-refractivity contribution in [2.45, 2.75) is 112 Å². The highest BCUT2D eigenvalue weighted by atomic mass is 16.4. The smallest absolute Gasteiger partial charge is 0.309 e. The molecule has 34 heavy (non-hydrogen) atoms. The van der Waals surface area contributed by atoms with Gasteiger partial charge in [0.25, 0.3) is 0 Å². The van der Waals surface area contributed by atoms with Gasteiger partial charge in [0.2, 0.25) is 0 Å². The van der Waals surface area contributed by atoms with Gasteiger partial charge in [-0.05, 0) is 116 Å². The Hall–Kier alpha value is -0.870. The molecule has 192 valence electrons. The Kier molecular flexibility index (Phi) is 5.36. The summed E-state index contributed by atoms with van der Waals surface area (Å²) in [5.74, 6) is 0.484. The number of aliphatic carboxylic acids is 1. The van der Waals surface area contributed by atoms with Crippen LogP contribution < -0.4 is 0 Å². The Morgan fingerprint density at radius 2 is 1.56 bits per heavy atom. The summed E-state index contributed by atoms with van der Waals surface area (Å²) in [6, 6.07) is 0. The lowest BCUT2D eigenvalue weighted by molar-refractivity contribution is -0.276. The van der Waals surface area contributed by atoms with Crippen LogP contribution in [0.1, 0.15) is 99.3 Å². The molecular weight excluding hydrogens is 424 g/mol. The Bertz CT molecular complexity index is 894. The van der Waals surface area contributed by atoms with Crippen LogP contribution in [-0.4, -0.2) is 33.5 Å². The van der Waals surface area contributed by atoms with Crippen LogP contribution in [0.25, 0.3) is 0 Å². The minimum absolute atomic E-state index is 0.00606. The number of hydrogen-bond donors (Lipinski definition) is 3. The van der Waals surface area contributed by atoms with Gasteiger partial charge >= 0.3 is 5.97 Å². The maximum Gasteiger partial charge on any atom is 0.309 e. The SMILES string of the molecule is C=C(C)[C@@H]1CC[C@]2(C(=O)O)CC[C@]3(C)[C@H](C[C@@H](O)[C@@H]4[C@@]5(C)CC[C@H](O)C(C)(C)[C@@H]5CC[C@]43C)[C@@H]12. The van der Waals surface area contributed by atoms with Crippen LogP contribution >= 0.6 is 0 Å². The quantitative estimate of drug-likeness (QED) is 0.427. The van der Waals surface area contributed by atoms with Gasteiger partial charge in [-0.15, -0.1) is 0 Å². The Morgan fingerprint density at radius 1 is 0.882 bits per heavy atom. The lowest BCUT2D eigenvalue weighted by atomic mass is 9.31. The molecule has 5 saturated carbocycles. The lowest BCUT2D eigenvalue weighted by Gasteiger charge is -2.73. The molecule has 0 aliphatic heterocycles. The fourth-order valence-corrected chi connectivity index (χ4v) is 11.6. The largest absolute Gasteiger partial charge is 0.481 e. The van der Waals surface area contributed by atoms with Gasteiger partial charge in [-0.2, -0.15) is 0 Å². The van der Waals surface area contributed by atoms with Gasteiger partial charge in [-0.3, -0.25) is 4.79 Å². The molecule has 3 N–H and O–H groups in total. The molecule has 5 aliphatic rings. The van der Waals surface area contributed by atoms with Crippen molar-refractivity contribution in [3.63, 3.8) is 0 Å². The zero-order valence-corrected chi connectivity index (χ0v) is 22.4. The first kappa shape index (κ1) is 24.8. The molecular formula is C30H48O4. The van der Waals surface area contributed by atoms with Crippen molar-refractivity contribution in [1.29, 1.82) is 0 Å². The number of allylic oxidation sites excluding steroid dienone is 1. The summed E-state index contributed by atoms with van der Waals surface area (Å²) in [5, 5.41) is 33.4. The molecule has 0 radical (unpaired) electrons. The molecule has 0 bridgehead atoms. The summed E-state index contributed by atoms with van der Waals surface area (Å²) in [6.45, 7) is 18.2. The Morgan fingerprint density at radius 3 is 2.18 bits per heavy atom. The standard InChI is InChI=1S/C30H48O4/c1-17(2)18-8-13-30(25(33)34)15-14-28(6)19(23(18)30)16-20(31)24-27(5)11-10-22(32)26(3,4)21(27)9-12-29(24,28)7/h18-24,31-32H,1,8-16H2,2-7H3,(H,33,34)/t18-,19+,20+,21-,22-,23+,24+,27-,28+,29+,30-/m0/s1. The number of carbonyl (C=O) groups is 1. The average molecular weight is 473 g/mol. The first-order valence-electron chi connectivity index (χ1n) is 13.9. The van der Waals surface area contributed by atoms with Crippen molar-refractivity contribution in [1.82, 2.24) is 0 Å². The second-order valence-corrected chi connectivity index (χ2v) is 14.7. The number of aliphatic hydroxyl groups is 2. The van der Waals surface area contributed by atoms with Crippen LogP contribution in [0.5, 0.6) is 0 Å². The molecule has 5 aliphatic carbocycles. The molecule has 0 aromatic rings. The first-order valence-corrected chi connectivity index (χ1v) is 13.9. The number of carboxylic acid groups (broad SMARTS) is 1. The average Bonchev–Trinajstić information content (AvgIpc) is 3.14. The molecule has 5 rings (SSSR count). The summed E-state index contributed by atoms with van der Waals surface area (Å²) in [7, 11) is 0. The monoisotopic (exact) mass is 472 g/mol. The van der Waals surface area contributed by atoms with Crippen LogP contribution in [-0.2, 0) is 4.79 Å². The zero-order chi connectivity index (χ0) is 25.1. The fraction of sp³-hybridized carbons (Fsp3) is 0.900. The molecule has 0 aromatic carbocycles. The van der Waals surface area contributed by atoms with E-state index in [0.29, 0.717) is 12.3 Å². The van der Waals surface area contributed by atoms with E-state index in [2.05, 4.69) is 48.1 Å². The van der Waals surface area contributed by atoms with E-state index in [1.807, 2.05) is 0 Å². The van der Waals surface area contributed by atoms with Gasteiger partial charge in [-0.25, -0.2) is 0 Å². The number of carboxylic acids is 1. The van der Waals surface area contributed by atoms with E-state index < -0.39 is 17.5 Å². The lowest BCUT2D eigenvalue weighted by Crippen LogP contribution is -2.70. The summed E-state index contributed by atoms with van der Waals surface area (Å²) in [6.07, 6.45) is 7.30. The second-order valence-electron chi connectivity index (χ2n) is 14.7. The molecule has 0 amide bonds. The predicted octanol–water partition coefficient (Wildman–Crippen LogP) is 6.06. The van der Waals surface area contributed by atoms with E-state index in [4.69, 9.17) is 0 Å². The van der Waals surface area contributed by atoms with Crippen molar-refractivity contribution in [2.75, 3.05) is 0 Å². The maximum atomic E-state index is 12.8. The fourth-order valence-electron chi connectivity index (χ4n) is 11.6. The predicted molar refractivity (Wildman–Crippen MR) is 134 cm³/mol. The molecule has 11 atom stereocenters. The van der Waals surface area contributed by atoms with Crippen molar-refractivity contribution in [2.24, 2.45) is 56.7 Å². The molecule has 4 nitrogen and oxygen atoms in total. The molecule has 4 heteroatoms. The van der Waals surface area contributed by atoms with Gasteiger partial charge < -0.3 is 15.3 Å². The van der Waals surface area contributed by atoms with Crippen molar-refractivity contribution in [3.8, 4) is 0 Å². The Labute approximate surface area is 206 Å². The van der Waals surface area contributed by atoms with E-state index in [0.717, 1.165) is 56.9 Å². The number of aliphatic hydroxyl groups excluding tert-OH is 2. The molecule has 5 fully saturated rings. The topological polar surface area (TPSA) is 77.8 Å². The third-order valence-corrected chi connectivity index (χ3v) is 13.4. The highest BCUT2D eigenvalue weighted by molar-refractivity contribution is 5.76. The molecule has 0 aromatic heterocycles. The van der Waals surface area contributed by atoms with Crippen LogP contribution in [0.15, 0.2) is 12.2 Å². The summed E-state index contributed by atoms with van der Waals surface area (Å²) >= 11 is 0. The van der Waals surface area contributed by atoms with Crippen LogP contribution in [0.2, 0.25) is 0 Å². The minimum Gasteiger partial charge on any atom is -0.481 e. The van der Waals surface area contributed by atoms with E-state index in [1.165, 1.54) is 0 Å². The molecule has 0 unspecified atom stereocenters. The highest BCUT2D eigenvalue weighted by Crippen LogP contribution is 2.77. The van der Waals surface area contributed by atoms with Crippen LogP contribution in [0, 0.1) is 56.7 Å². The maximum absolute atomic E-state index is 12.8. The van der Waals surface area contributed by atoms with E-state index in [1.54, 1.807) is 0 Å². The first-order chi connectivity index (χ1) is 15.7. The van der Waals surface area contributed by atoms with Crippen LogP contribution in [0.3, 0.4) is 0 Å². The Balaban J connectivity index is 1.61. The molecule has 0 spiro atoms. The number of rotatable bonds is 2. The molecule has 0 saturated heterocycles. The zero-order valence-electron chi connectivity index (χ0n) is 22.4. The number of fused-ring (bicyclic) bond motifs is 7. The number of hydrogen-bond acceptors (Lipinski definition) is 3. The second kappa shape index (κ2) is 7.34. The summed E-state index contributed by atoms with van der Waals surface area (Å²) in [5.41, 5.74) is 0.284. The van der Waals surface area contributed by atoms with E-state index in [-0.39, 0.29) is 51.4 Å². The van der Waals surface area contributed by atoms with E-state index in [9.17, 15) is 20.1 Å². The van der Waals surface area contributed by atoms with Crippen molar-refractivity contribution >= 4 is 5.97 Å². The van der Waals surface area contributed by atoms with Crippen LogP contribution in [0.4, 0.5) is 0 Å². The van der Waals surface area contributed by atoms with Crippen molar-refractivity contribution < 1.29 is 20.1 Å². The normalized spacial score (nSPS) is 55.9. The third kappa shape index (κ3) is 2.76. The van der Waals surface area contributed by atoms with Gasteiger partial charge in [0, 0.05) is 0 Å².